The van der Waals surface area contributed by atoms with E-state index >= 15 is 0 Å². The number of amides is 1. The zero-order valence-corrected chi connectivity index (χ0v) is 13.9. The Morgan fingerprint density at radius 3 is 2.75 bits per heavy atom. The van der Waals surface area contributed by atoms with Gasteiger partial charge in [-0.25, -0.2) is 0 Å². The van der Waals surface area contributed by atoms with Crippen molar-refractivity contribution in [3.8, 4) is 5.75 Å². The highest BCUT2D eigenvalue weighted by molar-refractivity contribution is 5.79. The van der Waals surface area contributed by atoms with Crippen molar-refractivity contribution in [2.45, 2.75) is 38.1 Å². The number of hydrogen-bond donors (Lipinski definition) is 1. The molecule has 0 radical (unpaired) electrons. The third kappa shape index (κ3) is 3.44. The van der Waals surface area contributed by atoms with Crippen LogP contribution in [0, 0.1) is 16.0 Å². The van der Waals surface area contributed by atoms with Crippen LogP contribution in [0.3, 0.4) is 0 Å². The fourth-order valence-corrected chi connectivity index (χ4v) is 3.66. The smallest absolute Gasteiger partial charge is 0.311 e. The maximum absolute atomic E-state index is 12.5. The maximum Gasteiger partial charge on any atom is 0.311 e. The monoisotopic (exact) mass is 333 g/mol. The Bertz CT molecular complexity index is 628. The van der Waals surface area contributed by atoms with Crippen LogP contribution in [-0.4, -0.2) is 42.0 Å². The molecule has 1 aliphatic heterocycles. The van der Waals surface area contributed by atoms with Gasteiger partial charge in [0.1, 0.15) is 0 Å². The number of hydrogen-bond acceptors (Lipinski definition) is 5. The first-order valence-electron chi connectivity index (χ1n) is 8.46. The minimum Gasteiger partial charge on any atom is -0.490 e. The maximum atomic E-state index is 12.5. The number of likely N-dealkylation sites (tertiary alicyclic amines) is 1. The van der Waals surface area contributed by atoms with Crippen molar-refractivity contribution in [1.82, 2.24) is 4.90 Å². The Morgan fingerprint density at radius 1 is 1.33 bits per heavy atom. The van der Waals surface area contributed by atoms with Gasteiger partial charge in [-0.05, 0) is 25.3 Å². The van der Waals surface area contributed by atoms with Crippen LogP contribution < -0.4 is 10.1 Å². The minimum atomic E-state index is -0.458. The number of ether oxygens (including phenoxy) is 1. The van der Waals surface area contributed by atoms with Crippen LogP contribution >= 0.6 is 0 Å². The summed E-state index contributed by atoms with van der Waals surface area (Å²) in [7, 11) is 1.42. The summed E-state index contributed by atoms with van der Waals surface area (Å²) in [4.78, 5) is 24.9. The van der Waals surface area contributed by atoms with E-state index in [1.165, 1.54) is 13.2 Å². The summed E-state index contributed by atoms with van der Waals surface area (Å²) >= 11 is 0. The van der Waals surface area contributed by atoms with Crippen LogP contribution in [-0.2, 0) is 4.79 Å². The van der Waals surface area contributed by atoms with Gasteiger partial charge in [0.25, 0.3) is 0 Å². The lowest BCUT2D eigenvalue weighted by atomic mass is 10.1. The van der Waals surface area contributed by atoms with Gasteiger partial charge in [-0.15, -0.1) is 0 Å². The number of anilines is 1. The van der Waals surface area contributed by atoms with Crippen LogP contribution in [0.15, 0.2) is 18.2 Å². The van der Waals surface area contributed by atoms with Crippen LogP contribution in [0.4, 0.5) is 11.4 Å². The molecule has 1 amide bonds. The second-order valence-corrected chi connectivity index (χ2v) is 6.54. The third-order valence-electron chi connectivity index (χ3n) is 4.95. The molecule has 24 heavy (non-hydrogen) atoms. The molecule has 1 aromatic rings. The molecule has 0 spiro atoms. The number of carbonyl (C=O) groups is 1. The lowest BCUT2D eigenvalue weighted by Crippen LogP contribution is -2.35. The van der Waals surface area contributed by atoms with Gasteiger partial charge >= 0.3 is 5.69 Å². The predicted molar refractivity (Wildman–Crippen MR) is 90.2 cm³/mol. The van der Waals surface area contributed by atoms with Crippen LogP contribution in [0.1, 0.15) is 32.1 Å². The van der Waals surface area contributed by atoms with Crippen LogP contribution in [0.2, 0.25) is 0 Å². The van der Waals surface area contributed by atoms with E-state index in [-0.39, 0.29) is 29.3 Å². The zero-order valence-electron chi connectivity index (χ0n) is 13.9. The SMILES string of the molecule is COc1cc(NC2CCN(C(=O)C3CCCC3)C2)ccc1[N+](=O)[O-]. The first-order valence-corrected chi connectivity index (χ1v) is 8.46. The Labute approximate surface area is 141 Å². The van der Waals surface area contributed by atoms with Gasteiger partial charge in [0.05, 0.1) is 12.0 Å². The van der Waals surface area contributed by atoms with E-state index in [0.717, 1.165) is 44.3 Å². The summed E-state index contributed by atoms with van der Waals surface area (Å²) < 4.78 is 5.09. The molecule has 0 bridgehead atoms. The van der Waals surface area contributed by atoms with Crippen molar-refractivity contribution < 1.29 is 14.5 Å². The van der Waals surface area contributed by atoms with Crippen molar-refractivity contribution in [1.29, 1.82) is 0 Å². The highest BCUT2D eigenvalue weighted by Gasteiger charge is 2.32. The molecule has 1 heterocycles. The molecule has 7 nitrogen and oxygen atoms in total. The molecule has 2 fully saturated rings. The summed E-state index contributed by atoms with van der Waals surface area (Å²) in [5.41, 5.74) is 0.727. The number of nitro benzene ring substituents is 1. The number of nitro groups is 1. The predicted octanol–water partition coefficient (Wildman–Crippen LogP) is 2.81. The third-order valence-corrected chi connectivity index (χ3v) is 4.95. The van der Waals surface area contributed by atoms with Gasteiger partial charge < -0.3 is 15.0 Å². The van der Waals surface area contributed by atoms with Gasteiger partial charge in [0, 0.05) is 42.9 Å². The lowest BCUT2D eigenvalue weighted by molar-refractivity contribution is -0.385. The standard InChI is InChI=1S/C17H23N3O4/c1-24-16-10-13(6-7-15(16)20(22)23)18-14-8-9-19(11-14)17(21)12-4-2-3-5-12/h6-7,10,12,14,18H,2-5,8-9,11H2,1H3. The molecule has 2 aliphatic rings. The quantitative estimate of drug-likeness (QED) is 0.661. The summed E-state index contributed by atoms with van der Waals surface area (Å²) in [6.07, 6.45) is 5.25. The molecule has 1 aromatic carbocycles. The lowest BCUT2D eigenvalue weighted by Gasteiger charge is -2.21. The first kappa shape index (κ1) is 16.5. The number of rotatable bonds is 5. The normalized spacial score (nSPS) is 21.0. The summed E-state index contributed by atoms with van der Waals surface area (Å²) in [6.45, 7) is 1.46. The second kappa shape index (κ2) is 7.07. The Kier molecular flexibility index (Phi) is 4.87. The zero-order chi connectivity index (χ0) is 17.1. The van der Waals surface area contributed by atoms with E-state index in [9.17, 15) is 14.9 Å². The van der Waals surface area contributed by atoms with E-state index in [4.69, 9.17) is 4.74 Å². The highest BCUT2D eigenvalue weighted by Crippen LogP contribution is 2.31. The first-order chi connectivity index (χ1) is 11.6. The number of nitrogens with zero attached hydrogens (tertiary/aromatic N) is 2. The fraction of sp³-hybridized carbons (Fsp3) is 0.588. The Balaban J connectivity index is 1.61. The molecule has 1 unspecified atom stereocenters. The van der Waals surface area contributed by atoms with Crippen molar-refractivity contribution in [2.75, 3.05) is 25.5 Å². The molecule has 1 N–H and O–H groups in total. The molecule has 3 rings (SSSR count). The largest absolute Gasteiger partial charge is 0.490 e. The van der Waals surface area contributed by atoms with Gasteiger partial charge in [-0.1, -0.05) is 12.8 Å². The number of nitrogens with one attached hydrogen (secondary N) is 1. The Morgan fingerprint density at radius 2 is 2.08 bits per heavy atom. The van der Waals surface area contributed by atoms with Gasteiger partial charge in [-0.3, -0.25) is 14.9 Å². The summed E-state index contributed by atoms with van der Waals surface area (Å²) in [5.74, 6) is 0.739. The van der Waals surface area contributed by atoms with Crippen molar-refractivity contribution in [3.05, 3.63) is 28.3 Å². The molecule has 1 atom stereocenters. The van der Waals surface area contributed by atoms with Crippen molar-refractivity contribution >= 4 is 17.3 Å². The van der Waals surface area contributed by atoms with E-state index in [1.54, 1.807) is 12.1 Å². The average molecular weight is 333 g/mol. The van der Waals surface area contributed by atoms with Gasteiger partial charge in [0.15, 0.2) is 5.75 Å². The molecule has 130 valence electrons. The highest BCUT2D eigenvalue weighted by atomic mass is 16.6. The summed E-state index contributed by atoms with van der Waals surface area (Å²) in [6, 6.07) is 4.93. The molecule has 1 saturated heterocycles. The van der Waals surface area contributed by atoms with E-state index in [2.05, 4.69) is 5.32 Å². The van der Waals surface area contributed by atoms with E-state index < -0.39 is 4.92 Å². The number of benzene rings is 1. The topological polar surface area (TPSA) is 84.7 Å². The molecular weight excluding hydrogens is 310 g/mol. The molecule has 1 aliphatic carbocycles. The molecule has 7 heteroatoms. The van der Waals surface area contributed by atoms with Gasteiger partial charge in [-0.2, -0.15) is 0 Å². The average Bonchev–Trinajstić information content (AvgIpc) is 3.25. The van der Waals surface area contributed by atoms with E-state index in [1.807, 2.05) is 4.90 Å². The van der Waals surface area contributed by atoms with E-state index in [0.29, 0.717) is 6.54 Å². The Hall–Kier alpha value is -2.31. The fourth-order valence-electron chi connectivity index (χ4n) is 3.66. The second-order valence-electron chi connectivity index (χ2n) is 6.54. The van der Waals surface area contributed by atoms with Crippen molar-refractivity contribution in [3.63, 3.8) is 0 Å². The van der Waals surface area contributed by atoms with Crippen LogP contribution in [0.25, 0.3) is 0 Å². The van der Waals surface area contributed by atoms with Crippen molar-refractivity contribution in [2.24, 2.45) is 5.92 Å². The van der Waals surface area contributed by atoms with Crippen LogP contribution in [0.5, 0.6) is 5.75 Å². The minimum absolute atomic E-state index is 0.0486. The molecule has 0 aromatic heterocycles. The molecule has 1 saturated carbocycles. The number of methoxy groups -OCH3 is 1. The number of carbonyl (C=O) groups excluding carboxylic acids is 1. The summed E-state index contributed by atoms with van der Waals surface area (Å²) in [5, 5.41) is 14.3. The molecular formula is C17H23N3O4. The van der Waals surface area contributed by atoms with Gasteiger partial charge in [0.2, 0.25) is 5.91 Å².